The maximum absolute atomic E-state index is 12.3. The van der Waals surface area contributed by atoms with Gasteiger partial charge in [-0.15, -0.1) is 0 Å². The van der Waals surface area contributed by atoms with Crippen molar-refractivity contribution in [1.29, 1.82) is 0 Å². The average Bonchev–Trinajstić information content (AvgIpc) is 3.21. The van der Waals surface area contributed by atoms with Crippen molar-refractivity contribution in [3.05, 3.63) is 59.1 Å². The van der Waals surface area contributed by atoms with Gasteiger partial charge in [-0.25, -0.2) is 4.98 Å². The molecule has 5 heteroatoms. The summed E-state index contributed by atoms with van der Waals surface area (Å²) >= 11 is 5.89. The lowest BCUT2D eigenvalue weighted by atomic mass is 10.1. The van der Waals surface area contributed by atoms with Crippen LogP contribution in [0.1, 0.15) is 17.9 Å². The number of anilines is 1. The van der Waals surface area contributed by atoms with E-state index in [2.05, 4.69) is 15.3 Å². The summed E-state index contributed by atoms with van der Waals surface area (Å²) in [5.41, 5.74) is 2.93. The Balaban J connectivity index is 1.46. The zero-order valence-electron chi connectivity index (χ0n) is 11.7. The largest absolute Gasteiger partial charge is 0.324 e. The summed E-state index contributed by atoms with van der Waals surface area (Å²) in [5, 5.41) is 3.59. The first-order valence-corrected chi connectivity index (χ1v) is 7.59. The number of amides is 1. The predicted octanol–water partition coefficient (Wildman–Crippen LogP) is 3.96. The van der Waals surface area contributed by atoms with Gasteiger partial charge in [0.15, 0.2) is 0 Å². The van der Waals surface area contributed by atoms with Crippen LogP contribution in [-0.2, 0) is 4.79 Å². The van der Waals surface area contributed by atoms with Crippen LogP contribution in [-0.4, -0.2) is 15.9 Å². The van der Waals surface area contributed by atoms with Gasteiger partial charge >= 0.3 is 0 Å². The van der Waals surface area contributed by atoms with Crippen LogP contribution < -0.4 is 5.32 Å². The minimum atomic E-state index is 0.00869. The number of nitrogens with one attached hydrogen (secondary N) is 2. The molecule has 1 saturated carbocycles. The molecule has 0 aliphatic heterocycles. The van der Waals surface area contributed by atoms with Crippen molar-refractivity contribution in [1.82, 2.24) is 9.97 Å². The highest BCUT2D eigenvalue weighted by atomic mass is 35.5. The van der Waals surface area contributed by atoms with Crippen LogP contribution in [0.25, 0.3) is 11.0 Å². The fourth-order valence-electron chi connectivity index (χ4n) is 2.78. The van der Waals surface area contributed by atoms with Crippen LogP contribution in [0.5, 0.6) is 0 Å². The number of benzene rings is 2. The molecule has 2 atom stereocenters. The Kier molecular flexibility index (Phi) is 3.12. The summed E-state index contributed by atoms with van der Waals surface area (Å²) in [4.78, 5) is 19.8. The number of aromatic nitrogens is 2. The molecule has 3 aromatic rings. The summed E-state index contributed by atoms with van der Waals surface area (Å²) in [7, 11) is 0. The maximum atomic E-state index is 12.3. The number of carbonyl (C=O) groups excluding carboxylic acids is 1. The average molecular weight is 312 g/mol. The zero-order chi connectivity index (χ0) is 15.1. The Morgan fingerprint density at radius 3 is 2.73 bits per heavy atom. The number of para-hydroxylation sites is 2. The number of nitrogens with zero attached hydrogens (tertiary/aromatic N) is 1. The van der Waals surface area contributed by atoms with E-state index in [9.17, 15) is 4.79 Å². The first-order valence-electron chi connectivity index (χ1n) is 7.22. The molecule has 0 spiro atoms. The monoisotopic (exact) mass is 311 g/mol. The third-order valence-electron chi connectivity index (χ3n) is 4.06. The second-order valence-corrected chi connectivity index (χ2v) is 6.03. The summed E-state index contributed by atoms with van der Waals surface area (Å²) in [6.07, 6.45) is 0.869. The van der Waals surface area contributed by atoms with Crippen molar-refractivity contribution < 1.29 is 4.79 Å². The molecule has 1 amide bonds. The van der Waals surface area contributed by atoms with E-state index in [1.54, 1.807) is 0 Å². The molecule has 110 valence electrons. The highest BCUT2D eigenvalue weighted by Crippen LogP contribution is 2.48. The first-order chi connectivity index (χ1) is 10.7. The molecule has 22 heavy (non-hydrogen) atoms. The van der Waals surface area contributed by atoms with E-state index in [1.807, 2.05) is 48.5 Å². The lowest BCUT2D eigenvalue weighted by molar-refractivity contribution is -0.117. The van der Waals surface area contributed by atoms with E-state index < -0.39 is 0 Å². The van der Waals surface area contributed by atoms with Gasteiger partial charge in [-0.2, -0.15) is 0 Å². The van der Waals surface area contributed by atoms with Crippen LogP contribution in [0.2, 0.25) is 5.02 Å². The van der Waals surface area contributed by atoms with Gasteiger partial charge in [0.25, 0.3) is 0 Å². The summed E-state index contributed by atoms with van der Waals surface area (Å²) < 4.78 is 0. The van der Waals surface area contributed by atoms with Crippen molar-refractivity contribution >= 4 is 34.5 Å². The van der Waals surface area contributed by atoms with E-state index in [-0.39, 0.29) is 17.7 Å². The highest BCUT2D eigenvalue weighted by molar-refractivity contribution is 6.30. The molecule has 1 aliphatic carbocycles. The SMILES string of the molecule is O=C(Nc1nc2ccccc2[nH]1)[C@@H]1C[C@H]1c1ccc(Cl)cc1. The van der Waals surface area contributed by atoms with Crippen LogP contribution in [0.3, 0.4) is 0 Å². The standard InChI is InChI=1S/C17H14ClN3O/c18-11-7-5-10(6-8-11)12-9-13(12)16(22)21-17-19-14-3-1-2-4-15(14)20-17/h1-8,12-13H,9H2,(H2,19,20,21,22)/t12-,13+/m0/s1. The Bertz CT molecular complexity index is 807. The minimum absolute atomic E-state index is 0.00869. The van der Waals surface area contributed by atoms with Gasteiger partial charge in [-0.05, 0) is 42.2 Å². The fourth-order valence-corrected chi connectivity index (χ4v) is 2.91. The van der Waals surface area contributed by atoms with E-state index >= 15 is 0 Å². The van der Waals surface area contributed by atoms with E-state index in [1.165, 1.54) is 0 Å². The number of carbonyl (C=O) groups is 1. The number of hydrogen-bond donors (Lipinski definition) is 2. The number of fused-ring (bicyclic) bond motifs is 1. The van der Waals surface area contributed by atoms with E-state index in [0.717, 1.165) is 23.0 Å². The van der Waals surface area contributed by atoms with Gasteiger partial charge in [0, 0.05) is 10.9 Å². The molecule has 1 aromatic heterocycles. The lowest BCUT2D eigenvalue weighted by Crippen LogP contribution is -2.15. The second-order valence-electron chi connectivity index (χ2n) is 5.59. The number of aromatic amines is 1. The predicted molar refractivity (Wildman–Crippen MR) is 87.0 cm³/mol. The van der Waals surface area contributed by atoms with E-state index in [4.69, 9.17) is 11.6 Å². The second kappa shape index (κ2) is 5.14. The van der Waals surface area contributed by atoms with Gasteiger partial charge < -0.3 is 4.98 Å². The molecule has 0 unspecified atom stereocenters. The molecule has 2 N–H and O–H groups in total. The molecule has 0 bridgehead atoms. The third-order valence-corrected chi connectivity index (χ3v) is 4.31. The van der Waals surface area contributed by atoms with Gasteiger partial charge in [0.05, 0.1) is 11.0 Å². The van der Waals surface area contributed by atoms with E-state index in [0.29, 0.717) is 11.0 Å². The number of imidazole rings is 1. The van der Waals surface area contributed by atoms with Gasteiger partial charge in [-0.3, -0.25) is 10.1 Å². The summed E-state index contributed by atoms with van der Waals surface area (Å²) in [6.45, 7) is 0. The normalized spacial score (nSPS) is 20.0. The topological polar surface area (TPSA) is 57.8 Å². The molecule has 4 nitrogen and oxygen atoms in total. The van der Waals surface area contributed by atoms with Crippen LogP contribution >= 0.6 is 11.6 Å². The van der Waals surface area contributed by atoms with Crippen molar-refractivity contribution in [2.75, 3.05) is 5.32 Å². The molecular weight excluding hydrogens is 298 g/mol. The molecule has 4 rings (SSSR count). The number of hydrogen-bond acceptors (Lipinski definition) is 2. The number of rotatable bonds is 3. The Labute approximate surface area is 132 Å². The van der Waals surface area contributed by atoms with Gasteiger partial charge in [-0.1, -0.05) is 35.9 Å². The zero-order valence-corrected chi connectivity index (χ0v) is 12.5. The lowest BCUT2D eigenvalue weighted by Gasteiger charge is -2.02. The molecular formula is C17H14ClN3O. The van der Waals surface area contributed by atoms with Crippen LogP contribution in [0, 0.1) is 5.92 Å². The third kappa shape index (κ3) is 2.46. The van der Waals surface area contributed by atoms with Crippen molar-refractivity contribution in [2.45, 2.75) is 12.3 Å². The van der Waals surface area contributed by atoms with Crippen molar-refractivity contribution in [3.8, 4) is 0 Å². The van der Waals surface area contributed by atoms with Crippen LogP contribution in [0.4, 0.5) is 5.95 Å². The Morgan fingerprint density at radius 2 is 1.95 bits per heavy atom. The summed E-state index contributed by atoms with van der Waals surface area (Å²) in [5.74, 6) is 0.808. The highest BCUT2D eigenvalue weighted by Gasteiger charge is 2.44. The molecule has 0 radical (unpaired) electrons. The smallest absolute Gasteiger partial charge is 0.230 e. The Hall–Kier alpha value is -2.33. The van der Waals surface area contributed by atoms with Crippen molar-refractivity contribution in [2.24, 2.45) is 5.92 Å². The van der Waals surface area contributed by atoms with Crippen LogP contribution in [0.15, 0.2) is 48.5 Å². The first kappa shape index (κ1) is 13.3. The minimum Gasteiger partial charge on any atom is -0.324 e. The molecule has 1 aliphatic rings. The van der Waals surface area contributed by atoms with Crippen molar-refractivity contribution in [3.63, 3.8) is 0 Å². The quantitative estimate of drug-likeness (QED) is 0.769. The molecule has 1 fully saturated rings. The molecule has 2 aromatic carbocycles. The fraction of sp³-hybridized carbons (Fsp3) is 0.176. The van der Waals surface area contributed by atoms with Gasteiger partial charge in [0.2, 0.25) is 11.9 Å². The molecule has 1 heterocycles. The summed E-state index contributed by atoms with van der Waals surface area (Å²) in [6, 6.07) is 15.4. The maximum Gasteiger partial charge on any atom is 0.230 e. The molecule has 0 saturated heterocycles. The number of H-pyrrole nitrogens is 1. The van der Waals surface area contributed by atoms with Gasteiger partial charge in [0.1, 0.15) is 0 Å². The Morgan fingerprint density at radius 1 is 1.18 bits per heavy atom. The number of halogens is 1.